The lowest BCUT2D eigenvalue weighted by Gasteiger charge is -2.29. The van der Waals surface area contributed by atoms with Crippen molar-refractivity contribution in [3.63, 3.8) is 0 Å². The van der Waals surface area contributed by atoms with Crippen LogP contribution in [0.25, 0.3) is 21.5 Å². The Bertz CT molecular complexity index is 1260. The fourth-order valence-corrected chi connectivity index (χ4v) is 4.92. The molecule has 0 aliphatic carbocycles. The molecule has 2 N–H and O–H groups in total. The van der Waals surface area contributed by atoms with Gasteiger partial charge in [-0.2, -0.15) is 4.98 Å². The molecule has 31 heavy (non-hydrogen) atoms. The Hall–Kier alpha value is -2.81. The highest BCUT2D eigenvalue weighted by Gasteiger charge is 2.34. The predicted octanol–water partition coefficient (Wildman–Crippen LogP) is 5.45. The maximum Gasteiger partial charge on any atom is 0.300 e. The first-order chi connectivity index (χ1) is 14.9. The molecule has 6 nitrogen and oxygen atoms in total. The number of hydrogen-bond acceptors (Lipinski definition) is 7. The molecule has 1 aliphatic rings. The second-order valence-corrected chi connectivity index (χ2v) is 8.97. The Labute approximate surface area is 182 Å². The van der Waals surface area contributed by atoms with E-state index in [2.05, 4.69) is 15.3 Å². The highest BCUT2D eigenvalue weighted by molar-refractivity contribution is 7.15. The van der Waals surface area contributed by atoms with Gasteiger partial charge < -0.3 is 19.6 Å². The van der Waals surface area contributed by atoms with Gasteiger partial charge in [0.1, 0.15) is 21.9 Å². The minimum atomic E-state index is -0.968. The number of oxazole rings is 1. The summed E-state index contributed by atoms with van der Waals surface area (Å²) in [5, 5.41) is 14.4. The number of nitrogens with one attached hydrogen (secondary N) is 1. The molecular formula is C23H22FN3O3S. The van der Waals surface area contributed by atoms with Gasteiger partial charge in [0.15, 0.2) is 5.58 Å². The number of aromatic nitrogens is 2. The summed E-state index contributed by atoms with van der Waals surface area (Å²) in [5.41, 5.74) is 3.51. The Kier molecular flexibility index (Phi) is 5.00. The molecule has 0 spiro atoms. The fourth-order valence-electron chi connectivity index (χ4n) is 3.86. The first-order valence-electron chi connectivity index (χ1n) is 10.1. The van der Waals surface area contributed by atoms with Crippen LogP contribution in [0.1, 0.15) is 29.0 Å². The van der Waals surface area contributed by atoms with E-state index in [-0.39, 0.29) is 11.7 Å². The number of rotatable bonds is 4. The van der Waals surface area contributed by atoms with Crippen LogP contribution in [-0.2, 0) is 10.3 Å². The van der Waals surface area contributed by atoms with Crippen molar-refractivity contribution in [2.24, 2.45) is 0 Å². The van der Waals surface area contributed by atoms with Crippen LogP contribution in [0.5, 0.6) is 0 Å². The van der Waals surface area contributed by atoms with Crippen molar-refractivity contribution in [2.45, 2.75) is 32.3 Å². The van der Waals surface area contributed by atoms with E-state index in [0.717, 1.165) is 21.5 Å². The van der Waals surface area contributed by atoms with Gasteiger partial charge in [-0.3, -0.25) is 0 Å². The number of fused-ring (bicyclic) bond motifs is 1. The minimum Gasteiger partial charge on any atom is -0.423 e. The second kappa shape index (κ2) is 7.71. The number of aliphatic hydroxyl groups is 1. The van der Waals surface area contributed by atoms with Gasteiger partial charge in [-0.15, -0.1) is 11.3 Å². The first-order valence-corrected chi connectivity index (χ1v) is 10.9. The molecule has 5 rings (SSSR count). The quantitative estimate of drug-likeness (QED) is 0.440. The number of hydrogen-bond donors (Lipinski definition) is 2. The Morgan fingerprint density at radius 3 is 2.74 bits per heavy atom. The SMILES string of the molecule is Cc1cc(C)c2oc(Nc3ccc(-c4cnc(C5(O)CCOCC5)s4)cc3F)nc2c1. The number of nitrogens with zero attached hydrogens (tertiary/aromatic N) is 2. The molecule has 0 saturated carbocycles. The molecule has 0 bridgehead atoms. The number of ether oxygens (including phenoxy) is 1. The zero-order valence-electron chi connectivity index (χ0n) is 17.2. The molecule has 0 radical (unpaired) electrons. The minimum absolute atomic E-state index is 0.247. The third-order valence-electron chi connectivity index (χ3n) is 5.54. The van der Waals surface area contributed by atoms with E-state index < -0.39 is 11.4 Å². The van der Waals surface area contributed by atoms with E-state index in [4.69, 9.17) is 9.15 Å². The second-order valence-electron chi connectivity index (χ2n) is 7.94. The molecule has 4 aromatic rings. The lowest BCUT2D eigenvalue weighted by atomic mass is 9.95. The van der Waals surface area contributed by atoms with E-state index in [0.29, 0.717) is 42.2 Å². The molecule has 0 amide bonds. The molecule has 0 atom stereocenters. The number of benzene rings is 2. The largest absolute Gasteiger partial charge is 0.423 e. The van der Waals surface area contributed by atoms with Crippen LogP contribution in [-0.4, -0.2) is 28.3 Å². The zero-order valence-corrected chi connectivity index (χ0v) is 18.1. The van der Waals surface area contributed by atoms with Gasteiger partial charge in [-0.1, -0.05) is 12.1 Å². The van der Waals surface area contributed by atoms with Gasteiger partial charge in [0.2, 0.25) is 0 Å². The van der Waals surface area contributed by atoms with E-state index in [1.807, 2.05) is 32.0 Å². The number of aryl methyl sites for hydroxylation is 2. The molecule has 160 valence electrons. The lowest BCUT2D eigenvalue weighted by molar-refractivity contribution is -0.0679. The van der Waals surface area contributed by atoms with Gasteiger partial charge in [-0.25, -0.2) is 9.37 Å². The summed E-state index contributed by atoms with van der Waals surface area (Å²) >= 11 is 1.38. The third-order valence-corrected chi connectivity index (χ3v) is 6.78. The highest BCUT2D eigenvalue weighted by atomic mass is 32.1. The van der Waals surface area contributed by atoms with Crippen molar-refractivity contribution in [1.29, 1.82) is 0 Å². The topological polar surface area (TPSA) is 80.4 Å². The average molecular weight is 440 g/mol. The van der Waals surface area contributed by atoms with E-state index >= 15 is 0 Å². The van der Waals surface area contributed by atoms with Gasteiger partial charge in [0.05, 0.1) is 10.6 Å². The molecule has 2 aromatic heterocycles. The summed E-state index contributed by atoms with van der Waals surface area (Å²) in [7, 11) is 0. The summed E-state index contributed by atoms with van der Waals surface area (Å²) in [6.45, 7) is 4.97. The number of anilines is 2. The van der Waals surface area contributed by atoms with Crippen molar-refractivity contribution in [2.75, 3.05) is 18.5 Å². The van der Waals surface area contributed by atoms with E-state index in [1.165, 1.54) is 17.4 Å². The zero-order chi connectivity index (χ0) is 21.6. The van der Waals surface area contributed by atoms with Crippen LogP contribution in [0, 0.1) is 19.7 Å². The Morgan fingerprint density at radius 1 is 1.16 bits per heavy atom. The molecule has 1 fully saturated rings. The van der Waals surface area contributed by atoms with E-state index in [1.54, 1.807) is 12.3 Å². The summed E-state index contributed by atoms with van der Waals surface area (Å²) in [6.07, 6.45) is 2.71. The van der Waals surface area contributed by atoms with Crippen LogP contribution >= 0.6 is 11.3 Å². The van der Waals surface area contributed by atoms with Crippen molar-refractivity contribution < 1.29 is 18.7 Å². The van der Waals surface area contributed by atoms with Crippen molar-refractivity contribution in [1.82, 2.24) is 9.97 Å². The van der Waals surface area contributed by atoms with Crippen molar-refractivity contribution in [3.8, 4) is 10.4 Å². The summed E-state index contributed by atoms with van der Waals surface area (Å²) in [6, 6.07) is 9.12. The molecular weight excluding hydrogens is 417 g/mol. The smallest absolute Gasteiger partial charge is 0.300 e. The van der Waals surface area contributed by atoms with Crippen LogP contribution < -0.4 is 5.32 Å². The molecule has 8 heteroatoms. The lowest BCUT2D eigenvalue weighted by Crippen LogP contribution is -2.33. The number of halogens is 1. The van der Waals surface area contributed by atoms with Crippen molar-refractivity contribution in [3.05, 3.63) is 58.5 Å². The van der Waals surface area contributed by atoms with Crippen molar-refractivity contribution >= 4 is 34.1 Å². The Balaban J connectivity index is 1.39. The fraction of sp³-hybridized carbons (Fsp3) is 0.304. The maximum absolute atomic E-state index is 14.8. The molecule has 1 aliphatic heterocycles. The normalized spacial score (nSPS) is 16.0. The van der Waals surface area contributed by atoms with Crippen LogP contribution in [0.4, 0.5) is 16.1 Å². The van der Waals surface area contributed by atoms with Crippen LogP contribution in [0.2, 0.25) is 0 Å². The number of thiazole rings is 1. The van der Waals surface area contributed by atoms with E-state index in [9.17, 15) is 9.50 Å². The van der Waals surface area contributed by atoms with Gasteiger partial charge >= 0.3 is 0 Å². The Morgan fingerprint density at radius 2 is 1.97 bits per heavy atom. The summed E-state index contributed by atoms with van der Waals surface area (Å²) in [5.74, 6) is -0.424. The summed E-state index contributed by atoms with van der Waals surface area (Å²) in [4.78, 5) is 9.62. The van der Waals surface area contributed by atoms with Gasteiger partial charge in [0, 0.05) is 32.3 Å². The highest BCUT2D eigenvalue weighted by Crippen LogP contribution is 2.38. The van der Waals surface area contributed by atoms with Gasteiger partial charge in [0.25, 0.3) is 6.01 Å². The third kappa shape index (κ3) is 3.82. The van der Waals surface area contributed by atoms with Crippen LogP contribution in [0.15, 0.2) is 40.9 Å². The standard InChI is InChI=1S/C23H22FN3O3S/c1-13-9-14(2)20-18(10-13)27-22(30-20)26-17-4-3-15(11-16(17)24)19-12-25-21(31-19)23(28)5-7-29-8-6-23/h3-4,9-12,28H,5-8H2,1-2H3,(H,26,27). The molecule has 3 heterocycles. The average Bonchev–Trinajstić information content (AvgIpc) is 3.38. The monoisotopic (exact) mass is 439 g/mol. The van der Waals surface area contributed by atoms with Gasteiger partial charge in [-0.05, 0) is 48.7 Å². The summed E-state index contributed by atoms with van der Waals surface area (Å²) < 4.78 is 26.0. The first kappa shape index (κ1) is 20.1. The van der Waals surface area contributed by atoms with Crippen LogP contribution in [0.3, 0.4) is 0 Å². The maximum atomic E-state index is 14.8. The predicted molar refractivity (Wildman–Crippen MR) is 118 cm³/mol. The molecule has 0 unspecified atom stereocenters. The molecule has 1 saturated heterocycles. The molecule has 2 aromatic carbocycles.